The predicted molar refractivity (Wildman–Crippen MR) is 219 cm³/mol. The van der Waals surface area contributed by atoms with E-state index in [0.29, 0.717) is 24.1 Å². The van der Waals surface area contributed by atoms with E-state index in [1.807, 2.05) is 21.1 Å². The molecular weight excluding hydrogens is 673 g/mol. The van der Waals surface area contributed by atoms with E-state index >= 15 is 0 Å². The van der Waals surface area contributed by atoms with Crippen molar-refractivity contribution >= 4 is 13.8 Å². The second-order valence-corrected chi connectivity index (χ2v) is 16.4. The van der Waals surface area contributed by atoms with Gasteiger partial charge in [-0.15, -0.1) is 0 Å². The number of esters is 1. The second kappa shape index (κ2) is 36.4. The van der Waals surface area contributed by atoms with E-state index < -0.39 is 13.9 Å². The van der Waals surface area contributed by atoms with Gasteiger partial charge in [-0.05, 0) is 51.4 Å². The molecule has 0 aromatic carbocycles. The molecule has 0 aromatic heterocycles. The van der Waals surface area contributed by atoms with Gasteiger partial charge in [0.05, 0.1) is 34.4 Å². The van der Waals surface area contributed by atoms with Crippen molar-refractivity contribution in [3.05, 3.63) is 48.6 Å². The third-order valence-electron chi connectivity index (χ3n) is 8.65. The fourth-order valence-corrected chi connectivity index (χ4v) is 6.17. The molecule has 0 aromatic rings. The van der Waals surface area contributed by atoms with Crippen LogP contribution in [-0.2, 0) is 27.9 Å². The van der Waals surface area contributed by atoms with E-state index in [0.717, 1.165) is 70.6 Å². The van der Waals surface area contributed by atoms with Crippen molar-refractivity contribution < 1.29 is 37.3 Å². The SMILES string of the molecule is CC/C=C\C/C=C\C/C=C\C/C=C\CCCCCCCOCC(COP(=O)(O)OCC[N+](C)(C)C)OC(=O)CCCCCCCCCCCCCC. The quantitative estimate of drug-likeness (QED) is 0.0221. The maximum atomic E-state index is 12.6. The van der Waals surface area contributed by atoms with Crippen molar-refractivity contribution in [3.8, 4) is 0 Å². The summed E-state index contributed by atoms with van der Waals surface area (Å²) in [5.74, 6) is -0.323. The zero-order valence-electron chi connectivity index (χ0n) is 34.3. The molecule has 0 radical (unpaired) electrons. The number of hydrogen-bond donors (Lipinski definition) is 1. The average molecular weight is 755 g/mol. The van der Waals surface area contributed by atoms with E-state index in [2.05, 4.69) is 62.5 Å². The van der Waals surface area contributed by atoms with Crippen molar-refractivity contribution in [2.24, 2.45) is 0 Å². The average Bonchev–Trinajstić information content (AvgIpc) is 3.09. The standard InChI is InChI=1S/C43H80NO7P/c1-6-8-10-12-14-16-18-20-21-22-23-24-25-27-29-31-33-35-38-48-40-42(41-50-52(46,47)49-39-37-44(3,4)5)51-43(45)36-34-32-30-28-26-19-17-15-13-11-9-7-2/h8,10,14,16,20-21,23-24,42H,6-7,9,11-13,15,17-19,22,25-41H2,1-5H3/p+1/b10-8-,16-14-,21-20-,24-23-. The summed E-state index contributed by atoms with van der Waals surface area (Å²) in [5.41, 5.74) is 0. The Morgan fingerprint density at radius 3 is 1.67 bits per heavy atom. The van der Waals surface area contributed by atoms with E-state index in [4.69, 9.17) is 18.5 Å². The van der Waals surface area contributed by atoms with Gasteiger partial charge in [-0.25, -0.2) is 4.57 Å². The Hall–Kier alpha value is -1.54. The number of carbonyl (C=O) groups excluding carboxylic acids is 1. The lowest BCUT2D eigenvalue weighted by molar-refractivity contribution is -0.870. The molecule has 2 atom stereocenters. The lowest BCUT2D eigenvalue weighted by Gasteiger charge is -2.24. The Morgan fingerprint density at radius 1 is 0.615 bits per heavy atom. The van der Waals surface area contributed by atoms with Gasteiger partial charge in [-0.1, -0.05) is 152 Å². The number of allylic oxidation sites excluding steroid dienone is 8. The predicted octanol–water partition coefficient (Wildman–Crippen LogP) is 12.0. The van der Waals surface area contributed by atoms with Crippen LogP contribution in [0.2, 0.25) is 0 Å². The largest absolute Gasteiger partial charge is 0.472 e. The van der Waals surface area contributed by atoms with Crippen LogP contribution in [0.15, 0.2) is 48.6 Å². The Morgan fingerprint density at radius 2 is 1.12 bits per heavy atom. The van der Waals surface area contributed by atoms with Gasteiger partial charge < -0.3 is 18.9 Å². The first-order valence-corrected chi connectivity index (χ1v) is 22.4. The highest BCUT2D eigenvalue weighted by molar-refractivity contribution is 7.47. The first-order valence-electron chi connectivity index (χ1n) is 20.9. The number of ether oxygens (including phenoxy) is 2. The molecule has 0 fully saturated rings. The number of carbonyl (C=O) groups is 1. The number of likely N-dealkylation sites (N-methyl/N-ethyl adjacent to an activating group) is 1. The van der Waals surface area contributed by atoms with Gasteiger partial charge in [0.25, 0.3) is 0 Å². The van der Waals surface area contributed by atoms with Crippen molar-refractivity contribution in [3.63, 3.8) is 0 Å². The summed E-state index contributed by atoms with van der Waals surface area (Å²) in [6, 6.07) is 0. The van der Waals surface area contributed by atoms with Gasteiger partial charge in [0, 0.05) is 13.0 Å². The fourth-order valence-electron chi connectivity index (χ4n) is 5.42. The van der Waals surface area contributed by atoms with Crippen molar-refractivity contribution in [2.75, 3.05) is 54.1 Å². The summed E-state index contributed by atoms with van der Waals surface area (Å²) in [4.78, 5) is 22.8. The summed E-state index contributed by atoms with van der Waals surface area (Å²) < 4.78 is 34.9. The molecule has 2 unspecified atom stereocenters. The van der Waals surface area contributed by atoms with Crippen molar-refractivity contribution in [1.82, 2.24) is 0 Å². The molecule has 0 bridgehead atoms. The van der Waals surface area contributed by atoms with Crippen LogP contribution < -0.4 is 0 Å². The van der Waals surface area contributed by atoms with Crippen LogP contribution >= 0.6 is 7.82 Å². The van der Waals surface area contributed by atoms with Gasteiger partial charge in [0.2, 0.25) is 0 Å². The number of rotatable bonds is 38. The Balaban J connectivity index is 4.28. The lowest BCUT2D eigenvalue weighted by atomic mass is 10.0. The molecule has 52 heavy (non-hydrogen) atoms. The maximum absolute atomic E-state index is 12.6. The van der Waals surface area contributed by atoms with Gasteiger partial charge >= 0.3 is 13.8 Å². The van der Waals surface area contributed by atoms with E-state index in [9.17, 15) is 14.3 Å². The highest BCUT2D eigenvalue weighted by Gasteiger charge is 2.26. The molecule has 0 heterocycles. The Bertz CT molecular complexity index is 973. The minimum absolute atomic E-state index is 0.0840. The van der Waals surface area contributed by atoms with Crippen LogP contribution in [0.5, 0.6) is 0 Å². The third kappa shape index (κ3) is 39.7. The lowest BCUT2D eigenvalue weighted by Crippen LogP contribution is -2.37. The molecule has 0 amide bonds. The molecule has 1 N–H and O–H groups in total. The summed E-state index contributed by atoms with van der Waals surface area (Å²) in [6.07, 6.45) is 42.8. The first-order chi connectivity index (χ1) is 25.1. The Labute approximate surface area is 320 Å². The van der Waals surface area contributed by atoms with Crippen LogP contribution in [0.25, 0.3) is 0 Å². The van der Waals surface area contributed by atoms with Crippen LogP contribution in [0.3, 0.4) is 0 Å². The van der Waals surface area contributed by atoms with Gasteiger partial charge in [0.15, 0.2) is 0 Å². The molecule has 0 saturated carbocycles. The smallest absolute Gasteiger partial charge is 0.457 e. The molecule has 304 valence electrons. The van der Waals surface area contributed by atoms with Crippen molar-refractivity contribution in [2.45, 2.75) is 168 Å². The van der Waals surface area contributed by atoms with E-state index in [1.165, 1.54) is 70.6 Å². The van der Waals surface area contributed by atoms with Crippen molar-refractivity contribution in [1.29, 1.82) is 0 Å². The summed E-state index contributed by atoms with van der Waals surface area (Å²) in [6.45, 7) is 5.46. The van der Waals surface area contributed by atoms with E-state index in [1.54, 1.807) is 0 Å². The minimum atomic E-state index is -4.28. The molecule has 8 nitrogen and oxygen atoms in total. The van der Waals surface area contributed by atoms with Gasteiger partial charge in [0.1, 0.15) is 19.3 Å². The highest BCUT2D eigenvalue weighted by atomic mass is 31.2. The number of phosphoric ester groups is 1. The molecular formula is C43H81NO7P+. The second-order valence-electron chi connectivity index (χ2n) is 15.0. The number of quaternary nitrogens is 1. The highest BCUT2D eigenvalue weighted by Crippen LogP contribution is 2.43. The zero-order valence-corrected chi connectivity index (χ0v) is 35.2. The summed E-state index contributed by atoms with van der Waals surface area (Å²) in [7, 11) is 1.65. The Kier molecular flexibility index (Phi) is 35.4. The van der Waals surface area contributed by atoms with Gasteiger partial charge in [-0.2, -0.15) is 0 Å². The van der Waals surface area contributed by atoms with E-state index in [-0.39, 0.29) is 25.8 Å². The number of unbranched alkanes of at least 4 members (excludes halogenated alkanes) is 16. The molecule has 0 spiro atoms. The van der Waals surface area contributed by atoms with Gasteiger partial charge in [-0.3, -0.25) is 13.8 Å². The molecule has 0 aliphatic heterocycles. The number of hydrogen-bond acceptors (Lipinski definition) is 6. The normalized spacial score (nSPS) is 14.3. The van der Waals surface area contributed by atoms with Crippen LogP contribution in [0.1, 0.15) is 162 Å². The van der Waals surface area contributed by atoms with Crippen LogP contribution in [0, 0.1) is 0 Å². The summed E-state index contributed by atoms with van der Waals surface area (Å²) >= 11 is 0. The molecule has 0 aliphatic carbocycles. The number of phosphoric acid groups is 1. The minimum Gasteiger partial charge on any atom is -0.457 e. The van der Waals surface area contributed by atoms with Crippen LogP contribution in [-0.4, -0.2) is 75.6 Å². The molecule has 0 aliphatic rings. The fraction of sp³-hybridized carbons (Fsp3) is 0.791. The molecule has 0 rings (SSSR count). The topological polar surface area (TPSA) is 91.3 Å². The zero-order chi connectivity index (χ0) is 38.4. The summed E-state index contributed by atoms with van der Waals surface area (Å²) in [5, 5.41) is 0. The van der Waals surface area contributed by atoms with Crippen LogP contribution in [0.4, 0.5) is 0 Å². The third-order valence-corrected chi connectivity index (χ3v) is 9.64. The number of nitrogens with zero attached hydrogens (tertiary/aromatic N) is 1. The maximum Gasteiger partial charge on any atom is 0.472 e. The molecule has 9 heteroatoms. The monoisotopic (exact) mass is 755 g/mol. The molecule has 0 saturated heterocycles. The first kappa shape index (κ1) is 50.5.